The Bertz CT molecular complexity index is 1740. The predicted octanol–water partition coefficient (Wildman–Crippen LogP) is 8.31. The summed E-state index contributed by atoms with van der Waals surface area (Å²) in [6, 6.07) is 37.6. The quantitative estimate of drug-likeness (QED) is 0.146. The summed E-state index contributed by atoms with van der Waals surface area (Å²) in [6.45, 7) is 2.32. The van der Waals surface area contributed by atoms with Crippen molar-refractivity contribution in [1.29, 1.82) is 0 Å². The minimum absolute atomic E-state index is 0.244. The van der Waals surface area contributed by atoms with Crippen molar-refractivity contribution in [2.24, 2.45) is 0 Å². The number of carbonyl (C=O) groups is 2. The Hall–Kier alpha value is -4.88. The van der Waals surface area contributed by atoms with Crippen LogP contribution in [0.4, 0.5) is 0 Å². The summed E-state index contributed by atoms with van der Waals surface area (Å²) >= 11 is 3.45. The van der Waals surface area contributed by atoms with E-state index in [1.54, 1.807) is 12.1 Å². The van der Waals surface area contributed by atoms with Gasteiger partial charge in [0.2, 0.25) is 0 Å². The van der Waals surface area contributed by atoms with E-state index in [1.165, 1.54) is 7.11 Å². The molecular weight excluding hydrogens is 618 g/mol. The zero-order chi connectivity index (χ0) is 30.9. The van der Waals surface area contributed by atoms with Gasteiger partial charge in [-0.2, -0.15) is 0 Å². The number of hydrogen-bond donors (Lipinski definition) is 1. The highest BCUT2D eigenvalue weighted by atomic mass is 79.9. The third kappa shape index (κ3) is 7.94. The lowest BCUT2D eigenvalue weighted by molar-refractivity contribution is -0.142. The number of rotatable bonds is 11. The van der Waals surface area contributed by atoms with Crippen molar-refractivity contribution in [3.63, 3.8) is 0 Å². The summed E-state index contributed by atoms with van der Waals surface area (Å²) in [6.07, 6.45) is 0.244. The molecule has 0 bridgehead atoms. The zero-order valence-electron chi connectivity index (χ0n) is 24.5. The molecule has 1 amide bonds. The molecule has 0 saturated carbocycles. The number of amides is 1. The van der Waals surface area contributed by atoms with E-state index in [-0.39, 0.29) is 6.42 Å². The monoisotopic (exact) mass is 649 g/mol. The number of nitrogens with one attached hydrogen (secondary N) is 1. The molecule has 0 spiro atoms. The van der Waals surface area contributed by atoms with Crippen molar-refractivity contribution in [3.05, 3.63) is 148 Å². The van der Waals surface area contributed by atoms with Gasteiger partial charge in [-0.05, 0) is 60.0 Å². The summed E-state index contributed by atoms with van der Waals surface area (Å²) in [7, 11) is 1.31. The molecule has 222 valence electrons. The first-order chi connectivity index (χ1) is 21.4. The molecule has 1 N–H and O–H groups in total. The Morgan fingerprint density at radius 3 is 2.27 bits per heavy atom. The number of methoxy groups -OCH3 is 1. The third-order valence-electron chi connectivity index (χ3n) is 7.02. The van der Waals surface area contributed by atoms with Crippen LogP contribution in [0.2, 0.25) is 0 Å². The molecule has 44 heavy (non-hydrogen) atoms. The molecule has 0 unspecified atom stereocenters. The van der Waals surface area contributed by atoms with E-state index in [0.717, 1.165) is 39.3 Å². The maximum absolute atomic E-state index is 13.5. The molecule has 0 aliphatic heterocycles. The van der Waals surface area contributed by atoms with Gasteiger partial charge in [0.05, 0.1) is 12.7 Å². The fourth-order valence-electron chi connectivity index (χ4n) is 4.81. The average Bonchev–Trinajstić information content (AvgIpc) is 3.04. The van der Waals surface area contributed by atoms with Crippen molar-refractivity contribution >= 4 is 27.8 Å². The number of ether oxygens (including phenoxy) is 3. The molecule has 0 heterocycles. The number of para-hydroxylation sites is 2. The molecule has 6 nitrogen and oxygen atoms in total. The smallest absolute Gasteiger partial charge is 0.328 e. The van der Waals surface area contributed by atoms with Gasteiger partial charge in [-0.15, -0.1) is 0 Å². The van der Waals surface area contributed by atoms with Crippen molar-refractivity contribution in [2.45, 2.75) is 26.0 Å². The SMILES string of the molecule is COC(=O)[C@H](Cc1ccc(-c2ccccc2Oc2ccccc2)cc1)NC(=O)c1cc(Br)ccc1OCc1cccc(C)c1. The number of aryl methyl sites for hydroxylation is 1. The van der Waals surface area contributed by atoms with E-state index in [0.29, 0.717) is 22.4 Å². The van der Waals surface area contributed by atoms with E-state index in [9.17, 15) is 9.59 Å². The fraction of sp³-hybridized carbons (Fsp3) is 0.135. The third-order valence-corrected chi connectivity index (χ3v) is 7.51. The summed E-state index contributed by atoms with van der Waals surface area (Å²) in [5.74, 6) is 0.922. The number of carbonyl (C=O) groups excluding carboxylic acids is 2. The van der Waals surface area contributed by atoms with Gasteiger partial charge in [0.25, 0.3) is 5.91 Å². The Balaban J connectivity index is 1.31. The first kappa shape index (κ1) is 30.6. The highest BCUT2D eigenvalue weighted by molar-refractivity contribution is 9.10. The average molecular weight is 651 g/mol. The van der Waals surface area contributed by atoms with Crippen molar-refractivity contribution in [3.8, 4) is 28.4 Å². The van der Waals surface area contributed by atoms with Crippen LogP contribution in [0.3, 0.4) is 0 Å². The van der Waals surface area contributed by atoms with Crippen LogP contribution in [0.15, 0.2) is 126 Å². The normalized spacial score (nSPS) is 11.3. The summed E-state index contributed by atoms with van der Waals surface area (Å²) in [5, 5.41) is 2.86. The number of halogens is 1. The number of benzene rings is 5. The van der Waals surface area contributed by atoms with Crippen LogP contribution < -0.4 is 14.8 Å². The molecule has 5 rings (SSSR count). The van der Waals surface area contributed by atoms with E-state index in [1.807, 2.05) is 116 Å². The van der Waals surface area contributed by atoms with Crippen LogP contribution in [0.25, 0.3) is 11.1 Å². The van der Waals surface area contributed by atoms with Crippen LogP contribution in [-0.4, -0.2) is 25.0 Å². The zero-order valence-corrected chi connectivity index (χ0v) is 26.0. The fourth-order valence-corrected chi connectivity index (χ4v) is 5.17. The van der Waals surface area contributed by atoms with Crippen LogP contribution in [0, 0.1) is 6.92 Å². The van der Waals surface area contributed by atoms with Gasteiger partial charge in [-0.3, -0.25) is 4.79 Å². The summed E-state index contributed by atoms with van der Waals surface area (Å²) < 4.78 is 17.9. The molecule has 5 aromatic rings. The Morgan fingerprint density at radius 2 is 1.52 bits per heavy atom. The van der Waals surface area contributed by atoms with Gasteiger partial charge >= 0.3 is 5.97 Å². The van der Waals surface area contributed by atoms with E-state index in [4.69, 9.17) is 14.2 Å². The molecule has 7 heteroatoms. The topological polar surface area (TPSA) is 73.9 Å². The molecular formula is C37H32BrNO5. The Labute approximate surface area is 265 Å². The van der Waals surface area contributed by atoms with Crippen LogP contribution in [-0.2, 0) is 22.6 Å². The van der Waals surface area contributed by atoms with Gasteiger partial charge in [-0.25, -0.2) is 4.79 Å². The van der Waals surface area contributed by atoms with Gasteiger partial charge in [0, 0.05) is 16.5 Å². The van der Waals surface area contributed by atoms with Crippen molar-refractivity contribution in [1.82, 2.24) is 5.32 Å². The van der Waals surface area contributed by atoms with Gasteiger partial charge in [0.15, 0.2) is 0 Å². The highest BCUT2D eigenvalue weighted by Crippen LogP contribution is 2.33. The molecule has 0 aromatic heterocycles. The lowest BCUT2D eigenvalue weighted by Gasteiger charge is -2.19. The maximum atomic E-state index is 13.5. The van der Waals surface area contributed by atoms with E-state index < -0.39 is 17.9 Å². The minimum Gasteiger partial charge on any atom is -0.488 e. The Morgan fingerprint density at radius 1 is 0.773 bits per heavy atom. The van der Waals surface area contributed by atoms with Gasteiger partial charge < -0.3 is 19.5 Å². The number of esters is 1. The van der Waals surface area contributed by atoms with Crippen LogP contribution in [0.5, 0.6) is 17.2 Å². The lowest BCUT2D eigenvalue weighted by atomic mass is 9.99. The van der Waals surface area contributed by atoms with E-state index in [2.05, 4.69) is 21.2 Å². The molecule has 0 fully saturated rings. The molecule has 0 saturated heterocycles. The second kappa shape index (κ2) is 14.5. The molecule has 1 atom stereocenters. The first-order valence-electron chi connectivity index (χ1n) is 14.2. The second-order valence-electron chi connectivity index (χ2n) is 10.3. The van der Waals surface area contributed by atoms with Crippen molar-refractivity contribution in [2.75, 3.05) is 7.11 Å². The molecule has 0 radical (unpaired) electrons. The predicted molar refractivity (Wildman–Crippen MR) is 175 cm³/mol. The Kier molecular flexibility index (Phi) is 10.1. The largest absolute Gasteiger partial charge is 0.488 e. The van der Waals surface area contributed by atoms with Gasteiger partial charge in [0.1, 0.15) is 29.9 Å². The maximum Gasteiger partial charge on any atom is 0.328 e. The second-order valence-corrected chi connectivity index (χ2v) is 11.2. The van der Waals surface area contributed by atoms with Gasteiger partial charge in [-0.1, -0.05) is 106 Å². The van der Waals surface area contributed by atoms with Crippen molar-refractivity contribution < 1.29 is 23.8 Å². The standard InChI is InChI=1S/C37H32BrNO5/c1-25-9-8-10-27(21-25)24-43-34-20-19-29(38)23-32(34)36(40)39-33(37(41)42-2)22-26-15-17-28(18-16-26)31-13-6-7-14-35(31)44-30-11-4-3-5-12-30/h3-21,23,33H,22,24H2,1-2H3,(H,39,40)/t33-/m0/s1. The summed E-state index contributed by atoms with van der Waals surface area (Å²) in [4.78, 5) is 26.3. The first-order valence-corrected chi connectivity index (χ1v) is 15.0. The lowest BCUT2D eigenvalue weighted by Crippen LogP contribution is -2.43. The molecule has 0 aliphatic rings. The number of hydrogen-bond acceptors (Lipinski definition) is 5. The van der Waals surface area contributed by atoms with Crippen LogP contribution >= 0.6 is 15.9 Å². The highest BCUT2D eigenvalue weighted by Gasteiger charge is 2.25. The van der Waals surface area contributed by atoms with E-state index >= 15 is 0 Å². The summed E-state index contributed by atoms with van der Waals surface area (Å²) in [5.41, 5.74) is 5.18. The molecule has 0 aliphatic carbocycles. The minimum atomic E-state index is -0.907. The molecule has 5 aromatic carbocycles. The van der Waals surface area contributed by atoms with Crippen LogP contribution in [0.1, 0.15) is 27.0 Å².